The Hall–Kier alpha value is -2.89. The number of benzene rings is 1. The maximum Gasteiger partial charge on any atom is 0.371 e. The van der Waals surface area contributed by atoms with Crippen molar-refractivity contribution in [2.24, 2.45) is 0 Å². The van der Waals surface area contributed by atoms with Gasteiger partial charge in [0.15, 0.2) is 5.76 Å². The number of furan rings is 1. The molecule has 0 saturated carbocycles. The van der Waals surface area contributed by atoms with E-state index < -0.39 is 23.3 Å². The Labute approximate surface area is 118 Å². The Morgan fingerprint density at radius 1 is 1.14 bits per heavy atom. The maximum atomic E-state index is 13.6. The van der Waals surface area contributed by atoms with Crippen molar-refractivity contribution in [3.05, 3.63) is 71.1 Å². The number of ketones is 1. The third kappa shape index (κ3) is 3.36. The van der Waals surface area contributed by atoms with E-state index >= 15 is 0 Å². The number of rotatable bonds is 5. The molecule has 2 N–H and O–H groups in total. The van der Waals surface area contributed by atoms with Crippen LogP contribution in [-0.2, 0) is 11.2 Å². The molecule has 5 nitrogen and oxygen atoms in total. The van der Waals surface area contributed by atoms with Crippen LogP contribution < -0.4 is 0 Å². The molecular weight excluding hydrogens is 279 g/mol. The third-order valence-corrected chi connectivity index (χ3v) is 2.80. The molecule has 0 saturated heterocycles. The molecule has 108 valence electrons. The summed E-state index contributed by atoms with van der Waals surface area (Å²) in [5.41, 5.74) is 0.777. The standard InChI is InChI=1S/C15H11FO5/c16-11-4-2-1-3-9(11)7-10-5-6-21-14(10)12(17)8-13(18)15(19)20/h1-6,8,18H,7H2,(H,19,20)/b13-8-. The number of carbonyl (C=O) groups is 2. The first kappa shape index (κ1) is 14.5. The van der Waals surface area contributed by atoms with Crippen LogP contribution in [0.3, 0.4) is 0 Å². The molecule has 0 aliphatic carbocycles. The van der Waals surface area contributed by atoms with Crippen molar-refractivity contribution in [3.8, 4) is 0 Å². The number of hydrogen-bond acceptors (Lipinski definition) is 4. The molecule has 1 aromatic carbocycles. The molecule has 0 bridgehead atoms. The summed E-state index contributed by atoms with van der Waals surface area (Å²) in [7, 11) is 0. The van der Waals surface area contributed by atoms with Gasteiger partial charge in [0, 0.05) is 18.1 Å². The summed E-state index contributed by atoms with van der Waals surface area (Å²) in [6.45, 7) is 0. The summed E-state index contributed by atoms with van der Waals surface area (Å²) < 4.78 is 18.6. The average Bonchev–Trinajstić information content (AvgIpc) is 2.89. The molecule has 0 atom stereocenters. The first-order valence-corrected chi connectivity index (χ1v) is 5.97. The molecule has 0 unspecified atom stereocenters. The fourth-order valence-electron chi connectivity index (χ4n) is 1.79. The number of halogens is 1. The predicted octanol–water partition coefficient (Wildman–Crippen LogP) is 2.72. The van der Waals surface area contributed by atoms with E-state index in [0.717, 1.165) is 0 Å². The molecular formula is C15H11FO5. The van der Waals surface area contributed by atoms with E-state index in [9.17, 15) is 14.0 Å². The van der Waals surface area contributed by atoms with Crippen molar-refractivity contribution in [1.29, 1.82) is 0 Å². The van der Waals surface area contributed by atoms with Crippen LogP contribution >= 0.6 is 0 Å². The largest absolute Gasteiger partial charge is 0.502 e. The molecule has 0 spiro atoms. The Morgan fingerprint density at radius 2 is 1.86 bits per heavy atom. The Morgan fingerprint density at radius 3 is 2.52 bits per heavy atom. The lowest BCUT2D eigenvalue weighted by atomic mass is 10.0. The van der Waals surface area contributed by atoms with Gasteiger partial charge in [0.2, 0.25) is 11.5 Å². The van der Waals surface area contributed by atoms with Gasteiger partial charge >= 0.3 is 5.97 Å². The second-order valence-electron chi connectivity index (χ2n) is 4.24. The summed E-state index contributed by atoms with van der Waals surface area (Å²) in [5, 5.41) is 17.6. The SMILES string of the molecule is O=C(O)/C(O)=C/C(=O)c1occc1Cc1ccccc1F. The number of aliphatic hydroxyl groups excluding tert-OH is 1. The van der Waals surface area contributed by atoms with Crippen LogP contribution in [0.4, 0.5) is 4.39 Å². The van der Waals surface area contributed by atoms with Crippen LogP contribution in [0.5, 0.6) is 0 Å². The van der Waals surface area contributed by atoms with E-state index in [1.54, 1.807) is 18.2 Å². The lowest BCUT2D eigenvalue weighted by Gasteiger charge is -2.02. The molecule has 1 aromatic heterocycles. The van der Waals surface area contributed by atoms with Crippen molar-refractivity contribution in [3.63, 3.8) is 0 Å². The number of allylic oxidation sites excluding steroid dienone is 1. The zero-order valence-electron chi connectivity index (χ0n) is 10.7. The number of carbonyl (C=O) groups excluding carboxylic acids is 1. The number of carboxylic acid groups (broad SMARTS) is 1. The molecule has 0 aliphatic rings. The van der Waals surface area contributed by atoms with Crippen molar-refractivity contribution in [2.45, 2.75) is 6.42 Å². The van der Waals surface area contributed by atoms with Crippen LogP contribution in [-0.4, -0.2) is 22.0 Å². The van der Waals surface area contributed by atoms with E-state index in [2.05, 4.69) is 0 Å². The highest BCUT2D eigenvalue weighted by Crippen LogP contribution is 2.19. The molecule has 21 heavy (non-hydrogen) atoms. The fourth-order valence-corrected chi connectivity index (χ4v) is 1.79. The smallest absolute Gasteiger partial charge is 0.371 e. The highest BCUT2D eigenvalue weighted by atomic mass is 19.1. The number of aliphatic hydroxyl groups is 1. The molecule has 1 heterocycles. The predicted molar refractivity (Wildman–Crippen MR) is 70.6 cm³/mol. The van der Waals surface area contributed by atoms with Crippen LogP contribution in [0.25, 0.3) is 0 Å². The van der Waals surface area contributed by atoms with Crippen LogP contribution in [0.15, 0.2) is 52.8 Å². The first-order valence-electron chi connectivity index (χ1n) is 5.97. The minimum Gasteiger partial charge on any atom is -0.502 e. The van der Waals surface area contributed by atoms with Crippen molar-refractivity contribution < 1.29 is 28.6 Å². The molecule has 0 aliphatic heterocycles. The van der Waals surface area contributed by atoms with E-state index in [0.29, 0.717) is 17.2 Å². The Balaban J connectivity index is 2.27. The van der Waals surface area contributed by atoms with Gasteiger partial charge in [-0.05, 0) is 17.7 Å². The van der Waals surface area contributed by atoms with Gasteiger partial charge in [-0.1, -0.05) is 18.2 Å². The number of hydrogen-bond donors (Lipinski definition) is 2. The van der Waals surface area contributed by atoms with Crippen molar-refractivity contribution >= 4 is 11.8 Å². The molecule has 2 aromatic rings. The van der Waals surface area contributed by atoms with Crippen LogP contribution in [0.1, 0.15) is 21.7 Å². The molecule has 6 heteroatoms. The number of aliphatic carboxylic acids is 1. The molecule has 0 radical (unpaired) electrons. The van der Waals surface area contributed by atoms with Gasteiger partial charge in [-0.15, -0.1) is 0 Å². The molecule has 0 amide bonds. The van der Waals surface area contributed by atoms with E-state index in [4.69, 9.17) is 14.6 Å². The molecule has 0 fully saturated rings. The van der Waals surface area contributed by atoms with Gasteiger partial charge in [-0.3, -0.25) is 4.79 Å². The average molecular weight is 290 g/mol. The van der Waals surface area contributed by atoms with E-state index in [1.165, 1.54) is 18.4 Å². The van der Waals surface area contributed by atoms with Gasteiger partial charge in [0.25, 0.3) is 0 Å². The zero-order valence-corrected chi connectivity index (χ0v) is 10.7. The normalized spacial score (nSPS) is 11.4. The van der Waals surface area contributed by atoms with E-state index in [1.807, 2.05) is 0 Å². The summed E-state index contributed by atoms with van der Waals surface area (Å²) in [6, 6.07) is 7.57. The summed E-state index contributed by atoms with van der Waals surface area (Å²) in [4.78, 5) is 22.3. The van der Waals surface area contributed by atoms with Gasteiger partial charge < -0.3 is 14.6 Å². The Bertz CT molecular complexity index is 714. The zero-order chi connectivity index (χ0) is 15.4. The second-order valence-corrected chi connectivity index (χ2v) is 4.24. The van der Waals surface area contributed by atoms with Crippen LogP contribution in [0.2, 0.25) is 0 Å². The van der Waals surface area contributed by atoms with Crippen molar-refractivity contribution in [2.75, 3.05) is 0 Å². The summed E-state index contributed by atoms with van der Waals surface area (Å²) in [6.07, 6.45) is 1.91. The second kappa shape index (κ2) is 6.04. The Kier molecular flexibility index (Phi) is 4.18. The number of carboxylic acids is 1. The summed E-state index contributed by atoms with van der Waals surface area (Å²) >= 11 is 0. The van der Waals surface area contributed by atoms with Gasteiger partial charge in [0.05, 0.1) is 6.26 Å². The third-order valence-electron chi connectivity index (χ3n) is 2.80. The van der Waals surface area contributed by atoms with Gasteiger partial charge in [-0.25, -0.2) is 9.18 Å². The monoisotopic (exact) mass is 290 g/mol. The highest BCUT2D eigenvalue weighted by Gasteiger charge is 2.17. The van der Waals surface area contributed by atoms with Gasteiger partial charge in [0.1, 0.15) is 5.82 Å². The quantitative estimate of drug-likeness (QED) is 0.502. The lowest BCUT2D eigenvalue weighted by Crippen LogP contribution is -2.05. The lowest BCUT2D eigenvalue weighted by molar-refractivity contribution is -0.135. The fraction of sp³-hybridized carbons (Fsp3) is 0.0667. The van der Waals surface area contributed by atoms with E-state index in [-0.39, 0.29) is 12.2 Å². The summed E-state index contributed by atoms with van der Waals surface area (Å²) in [5.74, 6) is -4.06. The van der Waals surface area contributed by atoms with Crippen molar-refractivity contribution in [1.82, 2.24) is 0 Å². The highest BCUT2D eigenvalue weighted by molar-refractivity contribution is 6.06. The minimum atomic E-state index is -1.62. The van der Waals surface area contributed by atoms with Gasteiger partial charge in [-0.2, -0.15) is 0 Å². The minimum absolute atomic E-state index is 0.117. The topological polar surface area (TPSA) is 87.7 Å². The first-order chi connectivity index (χ1) is 9.99. The van der Waals surface area contributed by atoms with Crippen LogP contribution in [0, 0.1) is 5.82 Å². The maximum absolute atomic E-state index is 13.6. The molecule has 2 rings (SSSR count).